The van der Waals surface area contributed by atoms with Gasteiger partial charge in [-0.2, -0.15) is 10.2 Å². The van der Waals surface area contributed by atoms with Gasteiger partial charge in [0.1, 0.15) is 0 Å². The lowest BCUT2D eigenvalue weighted by atomic mass is 10.0. The number of nitrogens with one attached hydrogen (secondary N) is 1. The number of aromatic amines is 1. The van der Waals surface area contributed by atoms with Gasteiger partial charge >= 0.3 is 0 Å². The van der Waals surface area contributed by atoms with Crippen LogP contribution < -0.4 is 0 Å². The van der Waals surface area contributed by atoms with Crippen molar-refractivity contribution in [3.05, 3.63) is 22.2 Å². The van der Waals surface area contributed by atoms with E-state index in [1.54, 1.807) is 0 Å². The molecule has 2 aliphatic carbocycles. The standard InChI is InChI=1S/C16H18N6S/c1-21-14(18-19-16(21)23)10-7-11(8-3-4-8)17-15-12(10)13(9-5-6-9)20-22(15)2/h7-9H,3-6H2,1-2H3,(H,19,23). The molecule has 6 nitrogen and oxygen atoms in total. The van der Waals surface area contributed by atoms with Crippen LogP contribution in [0.3, 0.4) is 0 Å². The summed E-state index contributed by atoms with van der Waals surface area (Å²) in [5, 5.41) is 13.3. The van der Waals surface area contributed by atoms with Gasteiger partial charge in [0.2, 0.25) is 0 Å². The van der Waals surface area contributed by atoms with E-state index in [0.717, 1.165) is 28.1 Å². The van der Waals surface area contributed by atoms with Crippen LogP contribution in [0.2, 0.25) is 0 Å². The Hall–Kier alpha value is -2.02. The van der Waals surface area contributed by atoms with Crippen LogP contribution >= 0.6 is 12.2 Å². The molecule has 0 amide bonds. The van der Waals surface area contributed by atoms with Gasteiger partial charge in [-0.05, 0) is 44.0 Å². The van der Waals surface area contributed by atoms with Gasteiger partial charge in [0.05, 0.1) is 11.1 Å². The minimum Gasteiger partial charge on any atom is -0.303 e. The van der Waals surface area contributed by atoms with Crippen molar-refractivity contribution >= 4 is 23.3 Å². The van der Waals surface area contributed by atoms with Gasteiger partial charge in [-0.3, -0.25) is 9.78 Å². The van der Waals surface area contributed by atoms with Crippen LogP contribution in [0.25, 0.3) is 22.4 Å². The molecule has 0 spiro atoms. The smallest absolute Gasteiger partial charge is 0.195 e. The number of fused-ring (bicyclic) bond motifs is 1. The fourth-order valence-electron chi connectivity index (χ4n) is 3.29. The topological polar surface area (TPSA) is 64.3 Å². The van der Waals surface area contributed by atoms with Gasteiger partial charge in [-0.1, -0.05) is 0 Å². The fourth-order valence-corrected chi connectivity index (χ4v) is 3.42. The summed E-state index contributed by atoms with van der Waals surface area (Å²) in [6.07, 6.45) is 4.89. The molecule has 0 aromatic carbocycles. The molecular weight excluding hydrogens is 308 g/mol. The maximum absolute atomic E-state index is 5.30. The molecule has 2 fully saturated rings. The SMILES string of the molecule is Cn1c(-c2cc(C3CC3)nc3c2c(C2CC2)nn3C)n[nH]c1=S. The molecule has 3 aromatic heterocycles. The van der Waals surface area contributed by atoms with Gasteiger partial charge in [-0.15, -0.1) is 0 Å². The largest absolute Gasteiger partial charge is 0.303 e. The molecule has 5 rings (SSSR count). The highest BCUT2D eigenvalue weighted by Gasteiger charge is 2.33. The van der Waals surface area contributed by atoms with Crippen LogP contribution in [0.15, 0.2) is 6.07 Å². The first-order valence-corrected chi connectivity index (χ1v) is 8.53. The molecule has 2 aliphatic rings. The molecule has 3 aromatic rings. The predicted molar refractivity (Wildman–Crippen MR) is 89.8 cm³/mol. The second kappa shape index (κ2) is 4.50. The summed E-state index contributed by atoms with van der Waals surface area (Å²) in [7, 11) is 3.95. The Morgan fingerprint density at radius 2 is 1.91 bits per heavy atom. The van der Waals surface area contributed by atoms with Crippen LogP contribution in [0.1, 0.15) is 48.9 Å². The molecular formula is C16H18N6S. The molecule has 2 saturated carbocycles. The van der Waals surface area contributed by atoms with Crippen molar-refractivity contribution < 1.29 is 0 Å². The van der Waals surface area contributed by atoms with Crippen molar-refractivity contribution in [3.63, 3.8) is 0 Å². The molecule has 0 saturated heterocycles. The zero-order valence-electron chi connectivity index (χ0n) is 13.2. The van der Waals surface area contributed by atoms with Crippen molar-refractivity contribution in [1.29, 1.82) is 0 Å². The van der Waals surface area contributed by atoms with Gasteiger partial charge in [0, 0.05) is 37.2 Å². The number of H-pyrrole nitrogens is 1. The summed E-state index contributed by atoms with van der Waals surface area (Å²) in [4.78, 5) is 4.92. The summed E-state index contributed by atoms with van der Waals surface area (Å²) < 4.78 is 4.50. The van der Waals surface area contributed by atoms with E-state index in [0.29, 0.717) is 16.6 Å². The lowest BCUT2D eigenvalue weighted by Gasteiger charge is -2.07. The third-order valence-electron chi connectivity index (χ3n) is 4.92. The van der Waals surface area contributed by atoms with Crippen molar-refractivity contribution in [3.8, 4) is 11.4 Å². The molecule has 0 atom stereocenters. The van der Waals surface area contributed by atoms with Crippen molar-refractivity contribution in [2.45, 2.75) is 37.5 Å². The minimum atomic E-state index is 0.568. The van der Waals surface area contributed by atoms with Crippen molar-refractivity contribution in [1.82, 2.24) is 29.5 Å². The van der Waals surface area contributed by atoms with Crippen LogP contribution in [0.4, 0.5) is 0 Å². The van der Waals surface area contributed by atoms with Crippen molar-refractivity contribution in [2.24, 2.45) is 14.1 Å². The molecule has 0 bridgehead atoms. The molecule has 0 radical (unpaired) electrons. The van der Waals surface area contributed by atoms with E-state index < -0.39 is 0 Å². The Morgan fingerprint density at radius 3 is 2.52 bits per heavy atom. The monoisotopic (exact) mass is 326 g/mol. The molecule has 1 N–H and O–H groups in total. The first-order valence-electron chi connectivity index (χ1n) is 8.13. The lowest BCUT2D eigenvalue weighted by molar-refractivity contribution is 0.757. The highest BCUT2D eigenvalue weighted by molar-refractivity contribution is 7.71. The van der Waals surface area contributed by atoms with E-state index >= 15 is 0 Å². The van der Waals surface area contributed by atoms with Crippen LogP contribution in [-0.2, 0) is 14.1 Å². The summed E-state index contributed by atoms with van der Waals surface area (Å²) in [5.74, 6) is 2.03. The summed E-state index contributed by atoms with van der Waals surface area (Å²) in [6.45, 7) is 0. The third-order valence-corrected chi connectivity index (χ3v) is 5.29. The molecule has 23 heavy (non-hydrogen) atoms. The first kappa shape index (κ1) is 13.4. The zero-order chi connectivity index (χ0) is 15.7. The highest BCUT2D eigenvalue weighted by atomic mass is 32.1. The Labute approximate surface area is 138 Å². The summed E-state index contributed by atoms with van der Waals surface area (Å²) >= 11 is 5.30. The highest BCUT2D eigenvalue weighted by Crippen LogP contribution is 2.46. The molecule has 3 heterocycles. The lowest BCUT2D eigenvalue weighted by Crippen LogP contribution is -1.99. The van der Waals surface area contributed by atoms with Crippen LogP contribution in [0.5, 0.6) is 0 Å². The molecule has 118 valence electrons. The van der Waals surface area contributed by atoms with E-state index in [2.05, 4.69) is 16.3 Å². The Kier molecular flexibility index (Phi) is 2.63. The normalized spacial score (nSPS) is 18.0. The predicted octanol–water partition coefficient (Wildman–Crippen LogP) is 3.18. The van der Waals surface area contributed by atoms with Gasteiger partial charge in [0.25, 0.3) is 0 Å². The maximum Gasteiger partial charge on any atom is 0.195 e. The van der Waals surface area contributed by atoms with Crippen LogP contribution in [0, 0.1) is 4.77 Å². The summed E-state index contributed by atoms with van der Waals surface area (Å²) in [6, 6.07) is 2.21. The first-order chi connectivity index (χ1) is 11.1. The Bertz CT molecular complexity index is 986. The molecule has 0 unspecified atom stereocenters. The quantitative estimate of drug-likeness (QED) is 0.751. The fraction of sp³-hybridized carbons (Fsp3) is 0.500. The number of aryl methyl sites for hydroxylation is 1. The van der Waals surface area contributed by atoms with E-state index in [1.807, 2.05) is 23.3 Å². The second-order valence-electron chi connectivity index (χ2n) is 6.76. The van der Waals surface area contributed by atoms with E-state index in [4.69, 9.17) is 22.3 Å². The Balaban J connectivity index is 1.87. The maximum atomic E-state index is 5.30. The summed E-state index contributed by atoms with van der Waals surface area (Å²) in [5.41, 5.74) is 4.41. The van der Waals surface area contributed by atoms with Gasteiger partial charge < -0.3 is 4.57 Å². The number of hydrogen-bond acceptors (Lipinski definition) is 4. The third kappa shape index (κ3) is 1.99. The van der Waals surface area contributed by atoms with Gasteiger partial charge in [0.15, 0.2) is 16.2 Å². The average Bonchev–Trinajstić information content (AvgIpc) is 3.45. The van der Waals surface area contributed by atoms with Crippen LogP contribution in [-0.4, -0.2) is 29.5 Å². The molecule has 7 heteroatoms. The minimum absolute atomic E-state index is 0.568. The number of aromatic nitrogens is 6. The Morgan fingerprint density at radius 1 is 1.17 bits per heavy atom. The van der Waals surface area contributed by atoms with E-state index in [9.17, 15) is 0 Å². The number of hydrogen-bond donors (Lipinski definition) is 1. The average molecular weight is 326 g/mol. The van der Waals surface area contributed by atoms with Gasteiger partial charge in [-0.25, -0.2) is 4.98 Å². The number of nitrogens with zero attached hydrogens (tertiary/aromatic N) is 5. The zero-order valence-corrected chi connectivity index (χ0v) is 14.0. The van der Waals surface area contributed by atoms with E-state index in [1.165, 1.54) is 31.4 Å². The molecule has 0 aliphatic heterocycles. The number of pyridine rings is 1. The second-order valence-corrected chi connectivity index (χ2v) is 7.15. The number of rotatable bonds is 3. The van der Waals surface area contributed by atoms with Crippen molar-refractivity contribution in [2.75, 3.05) is 0 Å². The van der Waals surface area contributed by atoms with E-state index in [-0.39, 0.29) is 0 Å².